The Bertz CT molecular complexity index is 979. The van der Waals surface area contributed by atoms with Crippen molar-refractivity contribution in [1.29, 1.82) is 0 Å². The zero-order valence-corrected chi connectivity index (χ0v) is 20.0. The van der Waals surface area contributed by atoms with Crippen LogP contribution in [0, 0.1) is 0 Å². The number of anilines is 2. The van der Waals surface area contributed by atoms with E-state index in [1.54, 1.807) is 24.5 Å². The Morgan fingerprint density at radius 2 is 1.81 bits per heavy atom. The molecule has 176 valence electrons. The van der Waals surface area contributed by atoms with E-state index in [9.17, 15) is 13.2 Å². The lowest BCUT2D eigenvalue weighted by Gasteiger charge is -2.36. The van der Waals surface area contributed by atoms with Crippen LogP contribution in [-0.2, 0) is 21.2 Å². The number of piperazine rings is 1. The Morgan fingerprint density at radius 3 is 2.41 bits per heavy atom. The molecular formula is C23H34N4O4S. The fourth-order valence-corrected chi connectivity index (χ4v) is 5.46. The Kier molecular flexibility index (Phi) is 8.33. The summed E-state index contributed by atoms with van der Waals surface area (Å²) in [5.74, 6) is 0.571. The molecule has 0 bridgehead atoms. The van der Waals surface area contributed by atoms with Crippen LogP contribution in [0.5, 0.6) is 0 Å². The van der Waals surface area contributed by atoms with Gasteiger partial charge in [-0.2, -0.15) is 4.31 Å². The van der Waals surface area contributed by atoms with Gasteiger partial charge in [-0.15, -0.1) is 0 Å². The number of nitrogens with one attached hydrogen (secondary N) is 1. The molecule has 3 rings (SSSR count). The topological polar surface area (TPSA) is 86.1 Å². The Balaban J connectivity index is 1.86. The smallest absolute Gasteiger partial charge is 0.243 e. The first-order chi connectivity index (χ1) is 15.4. The van der Waals surface area contributed by atoms with Gasteiger partial charge in [-0.1, -0.05) is 20.8 Å². The standard InChI is InChI=1S/C23H34N4O4S/c1-4-25-13-15-26(16-14-25)22-11-10-20(32(29,30)27(5-2)6-3)18-21(22)24-23(28)12-9-19-8-7-17-31-19/h7-8,10-11,17-18H,4-6,9,12-16H2,1-3H3,(H,24,28). The average molecular weight is 463 g/mol. The van der Waals surface area contributed by atoms with Gasteiger partial charge < -0.3 is 19.5 Å². The summed E-state index contributed by atoms with van der Waals surface area (Å²) in [7, 11) is -3.63. The highest BCUT2D eigenvalue weighted by atomic mass is 32.2. The molecule has 1 N–H and O–H groups in total. The van der Waals surface area contributed by atoms with E-state index in [0.717, 1.165) is 44.2 Å². The lowest BCUT2D eigenvalue weighted by Crippen LogP contribution is -2.46. The quantitative estimate of drug-likeness (QED) is 0.584. The first-order valence-electron chi connectivity index (χ1n) is 11.3. The van der Waals surface area contributed by atoms with Crippen molar-refractivity contribution < 1.29 is 17.6 Å². The van der Waals surface area contributed by atoms with Crippen LogP contribution in [0.1, 0.15) is 33.0 Å². The number of nitrogens with zero attached hydrogens (tertiary/aromatic N) is 3. The van der Waals surface area contributed by atoms with Crippen molar-refractivity contribution >= 4 is 27.3 Å². The van der Waals surface area contributed by atoms with Crippen molar-refractivity contribution in [3.63, 3.8) is 0 Å². The average Bonchev–Trinajstić information content (AvgIpc) is 3.32. The van der Waals surface area contributed by atoms with Crippen LogP contribution in [0.4, 0.5) is 11.4 Å². The number of amides is 1. The van der Waals surface area contributed by atoms with Crippen molar-refractivity contribution in [2.45, 2.75) is 38.5 Å². The number of carbonyl (C=O) groups excluding carboxylic acids is 1. The van der Waals surface area contributed by atoms with E-state index in [0.29, 0.717) is 25.2 Å². The maximum atomic E-state index is 13.1. The maximum Gasteiger partial charge on any atom is 0.243 e. The molecule has 9 heteroatoms. The monoisotopic (exact) mass is 462 g/mol. The Hall–Kier alpha value is -2.36. The zero-order chi connectivity index (χ0) is 23.1. The Labute approximate surface area is 191 Å². The summed E-state index contributed by atoms with van der Waals surface area (Å²) >= 11 is 0. The van der Waals surface area contributed by atoms with Gasteiger partial charge in [0.15, 0.2) is 0 Å². The maximum absolute atomic E-state index is 13.1. The number of hydrogen-bond donors (Lipinski definition) is 1. The van der Waals surface area contributed by atoms with E-state index in [1.807, 2.05) is 26.0 Å². The van der Waals surface area contributed by atoms with Gasteiger partial charge in [0.2, 0.25) is 15.9 Å². The molecule has 1 aliphatic heterocycles. The van der Waals surface area contributed by atoms with Crippen molar-refractivity contribution in [3.8, 4) is 0 Å². The van der Waals surface area contributed by atoms with Gasteiger partial charge in [-0.25, -0.2) is 8.42 Å². The number of rotatable bonds is 10. The van der Waals surface area contributed by atoms with Crippen molar-refractivity contribution in [1.82, 2.24) is 9.21 Å². The van der Waals surface area contributed by atoms with E-state index < -0.39 is 10.0 Å². The number of aryl methyl sites for hydroxylation is 1. The van der Waals surface area contributed by atoms with Crippen LogP contribution in [0.15, 0.2) is 45.9 Å². The SMILES string of the molecule is CCN1CCN(c2ccc(S(=O)(=O)N(CC)CC)cc2NC(=O)CCc2ccco2)CC1. The van der Waals surface area contributed by atoms with Crippen LogP contribution in [0.3, 0.4) is 0 Å². The molecule has 1 fully saturated rings. The first-order valence-corrected chi connectivity index (χ1v) is 12.8. The van der Waals surface area contributed by atoms with Crippen molar-refractivity contribution in [2.75, 3.05) is 56.0 Å². The van der Waals surface area contributed by atoms with E-state index in [4.69, 9.17) is 4.42 Å². The van der Waals surface area contributed by atoms with Crippen LogP contribution < -0.4 is 10.2 Å². The fraction of sp³-hybridized carbons (Fsp3) is 0.522. The lowest BCUT2D eigenvalue weighted by molar-refractivity contribution is -0.116. The van der Waals surface area contributed by atoms with E-state index >= 15 is 0 Å². The minimum atomic E-state index is -3.63. The molecule has 0 radical (unpaired) electrons. The third kappa shape index (κ3) is 5.70. The molecule has 1 aromatic heterocycles. The summed E-state index contributed by atoms with van der Waals surface area (Å²) < 4.78 is 32.9. The predicted molar refractivity (Wildman–Crippen MR) is 127 cm³/mol. The molecule has 1 aliphatic rings. The normalized spacial score (nSPS) is 15.3. The summed E-state index contributed by atoms with van der Waals surface area (Å²) in [5, 5.41) is 2.96. The van der Waals surface area contributed by atoms with E-state index in [2.05, 4.69) is 22.0 Å². The molecule has 0 aliphatic carbocycles. The van der Waals surface area contributed by atoms with Crippen LogP contribution in [0.2, 0.25) is 0 Å². The molecule has 1 amide bonds. The molecule has 1 saturated heterocycles. The number of hydrogen-bond acceptors (Lipinski definition) is 6. The first kappa shape index (κ1) is 24.3. The lowest BCUT2D eigenvalue weighted by atomic mass is 10.2. The van der Waals surface area contributed by atoms with Crippen molar-refractivity contribution in [2.24, 2.45) is 0 Å². The highest BCUT2D eigenvalue weighted by Crippen LogP contribution is 2.31. The summed E-state index contributed by atoms with van der Waals surface area (Å²) in [5.41, 5.74) is 1.39. The third-order valence-corrected chi connectivity index (χ3v) is 7.97. The van der Waals surface area contributed by atoms with Gasteiger partial charge in [0.1, 0.15) is 5.76 Å². The molecule has 2 aromatic rings. The molecule has 1 aromatic carbocycles. The predicted octanol–water partition coefficient (Wildman–Crippen LogP) is 3.02. The second-order valence-corrected chi connectivity index (χ2v) is 9.76. The van der Waals surface area contributed by atoms with Crippen molar-refractivity contribution in [3.05, 3.63) is 42.4 Å². The van der Waals surface area contributed by atoms with Gasteiger partial charge >= 0.3 is 0 Å². The van der Waals surface area contributed by atoms with Gasteiger partial charge in [0, 0.05) is 52.1 Å². The van der Waals surface area contributed by atoms with Crippen LogP contribution in [0.25, 0.3) is 0 Å². The number of likely N-dealkylation sites (N-methyl/N-ethyl adjacent to an activating group) is 1. The summed E-state index contributed by atoms with van der Waals surface area (Å²) in [4.78, 5) is 17.5. The highest BCUT2D eigenvalue weighted by molar-refractivity contribution is 7.89. The molecule has 32 heavy (non-hydrogen) atoms. The largest absolute Gasteiger partial charge is 0.469 e. The molecule has 0 atom stereocenters. The van der Waals surface area contributed by atoms with Crippen LogP contribution in [-0.4, -0.2) is 69.3 Å². The van der Waals surface area contributed by atoms with E-state index in [1.165, 1.54) is 4.31 Å². The molecule has 2 heterocycles. The highest BCUT2D eigenvalue weighted by Gasteiger charge is 2.25. The molecule has 8 nitrogen and oxygen atoms in total. The minimum Gasteiger partial charge on any atom is -0.469 e. The second kappa shape index (κ2) is 11.0. The number of carbonyl (C=O) groups is 1. The zero-order valence-electron chi connectivity index (χ0n) is 19.2. The molecule has 0 saturated carbocycles. The Morgan fingerprint density at radius 1 is 1.09 bits per heavy atom. The fourth-order valence-electron chi connectivity index (χ4n) is 3.97. The second-order valence-electron chi connectivity index (χ2n) is 7.82. The summed E-state index contributed by atoms with van der Waals surface area (Å²) in [6, 6.07) is 8.69. The molecule has 0 unspecified atom stereocenters. The molecule has 0 spiro atoms. The third-order valence-electron chi connectivity index (χ3n) is 5.92. The number of sulfonamides is 1. The number of furan rings is 1. The summed E-state index contributed by atoms with van der Waals surface area (Å²) in [6.07, 6.45) is 2.33. The van der Waals surface area contributed by atoms with Gasteiger partial charge in [0.25, 0.3) is 0 Å². The van der Waals surface area contributed by atoms with Crippen LogP contribution >= 0.6 is 0 Å². The van der Waals surface area contributed by atoms with Gasteiger partial charge in [-0.3, -0.25) is 4.79 Å². The van der Waals surface area contributed by atoms with Gasteiger partial charge in [0.05, 0.1) is 22.5 Å². The summed E-state index contributed by atoms with van der Waals surface area (Å²) in [6.45, 7) is 11.1. The minimum absolute atomic E-state index is 0.174. The van der Waals surface area contributed by atoms with Gasteiger partial charge in [-0.05, 0) is 36.9 Å². The molecular weight excluding hydrogens is 428 g/mol. The van der Waals surface area contributed by atoms with E-state index in [-0.39, 0.29) is 17.2 Å². The number of benzene rings is 1.